The SMILES string of the molecule is CC(C)C1CCCN(c2ccc(N)c(N)n2)CC1. The Kier molecular flexibility index (Phi) is 3.94. The van der Waals surface area contributed by atoms with Gasteiger partial charge in [-0.1, -0.05) is 13.8 Å². The zero-order valence-electron chi connectivity index (χ0n) is 11.4. The van der Waals surface area contributed by atoms with Crippen molar-refractivity contribution in [3.8, 4) is 0 Å². The molecule has 1 fully saturated rings. The highest BCUT2D eigenvalue weighted by atomic mass is 15.2. The minimum atomic E-state index is 0.442. The highest BCUT2D eigenvalue weighted by Gasteiger charge is 2.20. The Morgan fingerprint density at radius 3 is 2.67 bits per heavy atom. The average Bonchev–Trinajstić information content (AvgIpc) is 2.58. The summed E-state index contributed by atoms with van der Waals surface area (Å²) in [4.78, 5) is 6.72. The predicted molar refractivity (Wildman–Crippen MR) is 77.5 cm³/mol. The van der Waals surface area contributed by atoms with Gasteiger partial charge in [-0.15, -0.1) is 0 Å². The predicted octanol–water partition coefficient (Wildman–Crippen LogP) is 2.51. The van der Waals surface area contributed by atoms with Crippen LogP contribution in [-0.2, 0) is 0 Å². The number of aromatic nitrogens is 1. The van der Waals surface area contributed by atoms with E-state index in [1.807, 2.05) is 12.1 Å². The Morgan fingerprint density at radius 2 is 2.00 bits per heavy atom. The van der Waals surface area contributed by atoms with Crippen molar-refractivity contribution in [3.63, 3.8) is 0 Å². The molecule has 0 aromatic carbocycles. The number of anilines is 3. The Bertz CT molecular complexity index is 403. The number of nitrogen functional groups attached to an aromatic ring is 2. The topological polar surface area (TPSA) is 68.2 Å². The standard InChI is InChI=1S/C14H24N4/c1-10(2)11-4-3-8-18(9-7-11)13-6-5-12(15)14(16)17-13/h5-6,10-11H,3-4,7-9,15H2,1-2H3,(H2,16,17). The highest BCUT2D eigenvalue weighted by molar-refractivity contribution is 5.62. The lowest BCUT2D eigenvalue weighted by Crippen LogP contribution is -2.25. The van der Waals surface area contributed by atoms with E-state index in [0.717, 1.165) is 30.7 Å². The fourth-order valence-electron chi connectivity index (χ4n) is 2.67. The van der Waals surface area contributed by atoms with Crippen LogP contribution in [0.5, 0.6) is 0 Å². The summed E-state index contributed by atoms with van der Waals surface area (Å²) >= 11 is 0. The maximum atomic E-state index is 5.78. The van der Waals surface area contributed by atoms with Crippen LogP contribution in [0.1, 0.15) is 33.1 Å². The normalized spacial score (nSPS) is 21.1. The third-order valence-corrected chi connectivity index (χ3v) is 3.98. The van der Waals surface area contributed by atoms with Crippen molar-refractivity contribution in [2.24, 2.45) is 11.8 Å². The van der Waals surface area contributed by atoms with Crippen LogP contribution < -0.4 is 16.4 Å². The highest BCUT2D eigenvalue weighted by Crippen LogP contribution is 2.27. The van der Waals surface area contributed by atoms with Crippen LogP contribution in [0.2, 0.25) is 0 Å². The van der Waals surface area contributed by atoms with Gasteiger partial charge in [0.15, 0.2) is 0 Å². The minimum absolute atomic E-state index is 0.442. The van der Waals surface area contributed by atoms with E-state index in [1.54, 1.807) is 0 Å². The molecule has 0 radical (unpaired) electrons. The van der Waals surface area contributed by atoms with E-state index < -0.39 is 0 Å². The molecule has 0 saturated carbocycles. The molecule has 1 atom stereocenters. The van der Waals surface area contributed by atoms with Gasteiger partial charge in [0.1, 0.15) is 11.6 Å². The Morgan fingerprint density at radius 1 is 1.22 bits per heavy atom. The summed E-state index contributed by atoms with van der Waals surface area (Å²) in [5.74, 6) is 3.01. The summed E-state index contributed by atoms with van der Waals surface area (Å²) < 4.78 is 0. The van der Waals surface area contributed by atoms with E-state index in [-0.39, 0.29) is 0 Å². The van der Waals surface area contributed by atoms with Crippen molar-refractivity contribution < 1.29 is 0 Å². The second kappa shape index (κ2) is 5.46. The van der Waals surface area contributed by atoms with E-state index in [2.05, 4.69) is 23.7 Å². The summed E-state index contributed by atoms with van der Waals surface area (Å²) in [6, 6.07) is 3.82. The average molecular weight is 248 g/mol. The lowest BCUT2D eigenvalue weighted by Gasteiger charge is -2.23. The summed E-state index contributed by atoms with van der Waals surface area (Å²) in [6.07, 6.45) is 3.79. The van der Waals surface area contributed by atoms with E-state index in [1.165, 1.54) is 19.3 Å². The Labute approximate surface area is 109 Å². The molecule has 100 valence electrons. The molecule has 1 unspecified atom stereocenters. The zero-order chi connectivity index (χ0) is 13.1. The molecule has 2 rings (SSSR count). The molecular formula is C14H24N4. The number of nitrogens with two attached hydrogens (primary N) is 2. The van der Waals surface area contributed by atoms with Crippen LogP contribution in [0, 0.1) is 11.8 Å². The summed E-state index contributed by atoms with van der Waals surface area (Å²) in [5, 5.41) is 0. The maximum absolute atomic E-state index is 5.78. The number of rotatable bonds is 2. The molecular weight excluding hydrogens is 224 g/mol. The van der Waals surface area contributed by atoms with E-state index in [9.17, 15) is 0 Å². The first kappa shape index (κ1) is 13.0. The van der Waals surface area contributed by atoms with Crippen LogP contribution in [0.25, 0.3) is 0 Å². The molecule has 4 heteroatoms. The molecule has 0 spiro atoms. The largest absolute Gasteiger partial charge is 0.396 e. The van der Waals surface area contributed by atoms with Crippen molar-refractivity contribution >= 4 is 17.3 Å². The fourth-order valence-corrected chi connectivity index (χ4v) is 2.67. The van der Waals surface area contributed by atoms with Gasteiger partial charge in [0, 0.05) is 13.1 Å². The lowest BCUT2D eigenvalue weighted by atomic mass is 9.89. The third kappa shape index (κ3) is 2.86. The van der Waals surface area contributed by atoms with Crippen molar-refractivity contribution in [2.75, 3.05) is 29.5 Å². The first-order valence-electron chi connectivity index (χ1n) is 6.85. The molecule has 0 amide bonds. The third-order valence-electron chi connectivity index (χ3n) is 3.98. The van der Waals surface area contributed by atoms with Gasteiger partial charge < -0.3 is 16.4 Å². The number of nitrogens with zero attached hydrogens (tertiary/aromatic N) is 2. The quantitative estimate of drug-likeness (QED) is 0.844. The van der Waals surface area contributed by atoms with Gasteiger partial charge >= 0.3 is 0 Å². The minimum Gasteiger partial charge on any atom is -0.396 e. The Balaban J connectivity index is 2.07. The first-order valence-corrected chi connectivity index (χ1v) is 6.85. The fraction of sp³-hybridized carbons (Fsp3) is 0.643. The van der Waals surface area contributed by atoms with Gasteiger partial charge in [-0.05, 0) is 43.2 Å². The van der Waals surface area contributed by atoms with Gasteiger partial charge in [0.2, 0.25) is 0 Å². The van der Waals surface area contributed by atoms with Crippen molar-refractivity contribution in [1.82, 2.24) is 4.98 Å². The monoisotopic (exact) mass is 248 g/mol. The van der Waals surface area contributed by atoms with Crippen molar-refractivity contribution in [3.05, 3.63) is 12.1 Å². The first-order chi connectivity index (χ1) is 8.58. The zero-order valence-corrected chi connectivity index (χ0v) is 11.4. The van der Waals surface area contributed by atoms with E-state index in [4.69, 9.17) is 11.5 Å². The molecule has 4 N–H and O–H groups in total. The molecule has 1 aromatic heterocycles. The van der Waals surface area contributed by atoms with Gasteiger partial charge in [0.05, 0.1) is 5.69 Å². The van der Waals surface area contributed by atoms with Crippen LogP contribution in [0.4, 0.5) is 17.3 Å². The van der Waals surface area contributed by atoms with Crippen molar-refractivity contribution in [2.45, 2.75) is 33.1 Å². The number of pyridine rings is 1. The molecule has 0 bridgehead atoms. The van der Waals surface area contributed by atoms with Gasteiger partial charge in [0.25, 0.3) is 0 Å². The van der Waals surface area contributed by atoms with Crippen molar-refractivity contribution in [1.29, 1.82) is 0 Å². The molecule has 0 aliphatic carbocycles. The smallest absolute Gasteiger partial charge is 0.149 e. The number of hydrogen-bond donors (Lipinski definition) is 2. The molecule has 1 saturated heterocycles. The lowest BCUT2D eigenvalue weighted by molar-refractivity contribution is 0.351. The summed E-state index contributed by atoms with van der Waals surface area (Å²) in [6.45, 7) is 6.78. The van der Waals surface area contributed by atoms with Gasteiger partial charge in [-0.25, -0.2) is 4.98 Å². The Hall–Kier alpha value is -1.45. The van der Waals surface area contributed by atoms with E-state index >= 15 is 0 Å². The molecule has 1 aliphatic heterocycles. The van der Waals surface area contributed by atoms with Crippen LogP contribution in [-0.4, -0.2) is 18.1 Å². The van der Waals surface area contributed by atoms with E-state index in [0.29, 0.717) is 11.5 Å². The molecule has 18 heavy (non-hydrogen) atoms. The second-order valence-corrected chi connectivity index (χ2v) is 5.57. The molecule has 2 heterocycles. The molecule has 1 aliphatic rings. The molecule has 4 nitrogen and oxygen atoms in total. The second-order valence-electron chi connectivity index (χ2n) is 5.57. The molecule has 1 aromatic rings. The maximum Gasteiger partial charge on any atom is 0.149 e. The van der Waals surface area contributed by atoms with Crippen LogP contribution in [0.15, 0.2) is 12.1 Å². The van der Waals surface area contributed by atoms with Gasteiger partial charge in [-0.3, -0.25) is 0 Å². The summed E-state index contributed by atoms with van der Waals surface area (Å²) in [5.41, 5.74) is 12.0. The van der Waals surface area contributed by atoms with Crippen LogP contribution >= 0.6 is 0 Å². The van der Waals surface area contributed by atoms with Gasteiger partial charge in [-0.2, -0.15) is 0 Å². The summed E-state index contributed by atoms with van der Waals surface area (Å²) in [7, 11) is 0. The van der Waals surface area contributed by atoms with Crippen LogP contribution in [0.3, 0.4) is 0 Å². The number of hydrogen-bond acceptors (Lipinski definition) is 4.